The third-order valence-corrected chi connectivity index (χ3v) is 1.40. The van der Waals surface area contributed by atoms with Crippen molar-refractivity contribution < 1.29 is 19.3 Å². The molecule has 0 saturated carbocycles. The average molecular weight is 186 g/mol. The van der Waals surface area contributed by atoms with Crippen LogP contribution in [0, 0.1) is 0 Å². The van der Waals surface area contributed by atoms with E-state index in [9.17, 15) is 9.59 Å². The van der Waals surface area contributed by atoms with E-state index in [1.807, 2.05) is 0 Å². The molecule has 0 aromatic heterocycles. The lowest BCUT2D eigenvalue weighted by atomic mass is 10.3. The minimum Gasteiger partial charge on any atom is -0.331 e. The van der Waals surface area contributed by atoms with Gasteiger partial charge < -0.3 is 15.4 Å². The molecule has 13 heavy (non-hydrogen) atoms. The van der Waals surface area contributed by atoms with Crippen LogP contribution in [-0.2, 0) is 19.3 Å². The molecule has 6 heteroatoms. The van der Waals surface area contributed by atoms with Crippen molar-refractivity contribution in [2.75, 3.05) is 0 Å². The zero-order valence-electron chi connectivity index (χ0n) is 6.93. The Labute approximate surface area is 74.8 Å². The second-order valence-corrected chi connectivity index (χ2v) is 2.44. The van der Waals surface area contributed by atoms with E-state index in [0.717, 1.165) is 0 Å². The predicted octanol–water partition coefficient (Wildman–Crippen LogP) is -0.531. The summed E-state index contributed by atoms with van der Waals surface area (Å²) in [5.74, 6) is -1.11. The first kappa shape index (κ1) is 9.69. The van der Waals surface area contributed by atoms with Crippen molar-refractivity contribution in [1.82, 2.24) is 5.23 Å². The van der Waals surface area contributed by atoms with Crippen LogP contribution >= 0.6 is 0 Å². The van der Waals surface area contributed by atoms with Gasteiger partial charge in [0.05, 0.1) is 18.1 Å². The fourth-order valence-electron chi connectivity index (χ4n) is 0.723. The first-order chi connectivity index (χ1) is 6.13. The highest BCUT2D eigenvalue weighted by Crippen LogP contribution is 2.09. The fraction of sp³-hybridized carbons (Fsp3) is 0.429. The number of carbonyl (C=O) groups excluding carboxylic acids is 2. The lowest BCUT2D eigenvalue weighted by molar-refractivity contribution is -0.331. The number of hydrogen-bond acceptors (Lipinski definition) is 6. The topological polar surface area (TPSA) is 81.9 Å². The maximum absolute atomic E-state index is 10.9. The molecule has 1 rings (SSSR count). The lowest BCUT2D eigenvalue weighted by Crippen LogP contribution is -2.41. The quantitative estimate of drug-likeness (QED) is 0.584. The van der Waals surface area contributed by atoms with Crippen LogP contribution in [0.5, 0.6) is 0 Å². The van der Waals surface area contributed by atoms with Gasteiger partial charge in [0.1, 0.15) is 0 Å². The molecule has 0 spiro atoms. The molecular formula is C7H10N2O4. The fourth-order valence-corrected chi connectivity index (χ4v) is 0.723. The first-order valence-electron chi connectivity index (χ1n) is 3.72. The summed E-state index contributed by atoms with van der Waals surface area (Å²) in [6.45, 7) is 3.37. The number of nitrogens with two attached hydrogens (primary N) is 1. The molecule has 0 radical (unpaired) electrons. The van der Waals surface area contributed by atoms with Crippen LogP contribution in [0.25, 0.3) is 0 Å². The Balaban J connectivity index is 2.66. The molecule has 2 N–H and O–H groups in total. The second kappa shape index (κ2) is 4.01. The van der Waals surface area contributed by atoms with Crippen LogP contribution in [0.15, 0.2) is 12.7 Å². The van der Waals surface area contributed by atoms with Crippen LogP contribution < -0.4 is 5.73 Å². The maximum Gasteiger partial charge on any atom is 0.329 e. The summed E-state index contributed by atoms with van der Waals surface area (Å²) in [6, 6.07) is 0. The van der Waals surface area contributed by atoms with E-state index in [2.05, 4.69) is 16.3 Å². The predicted molar refractivity (Wildman–Crippen MR) is 41.4 cm³/mol. The van der Waals surface area contributed by atoms with Crippen LogP contribution in [-0.4, -0.2) is 23.3 Å². The highest BCUT2D eigenvalue weighted by atomic mass is 17.0. The Morgan fingerprint density at radius 2 is 1.85 bits per heavy atom. The van der Waals surface area contributed by atoms with Gasteiger partial charge in [-0.05, 0) is 0 Å². The second-order valence-electron chi connectivity index (χ2n) is 2.44. The molecule has 0 aromatic rings. The summed E-state index contributed by atoms with van der Waals surface area (Å²) in [4.78, 5) is 30.9. The molecule has 1 unspecified atom stereocenters. The summed E-state index contributed by atoms with van der Waals surface area (Å²) < 4.78 is 0. The lowest BCUT2D eigenvalue weighted by Gasteiger charge is -2.19. The normalized spacial score (nSPS) is 21.3. The van der Waals surface area contributed by atoms with Crippen molar-refractivity contribution in [2.45, 2.75) is 19.0 Å². The largest absolute Gasteiger partial charge is 0.331 e. The number of hydroxylamine groups is 2. The first-order valence-corrected chi connectivity index (χ1v) is 3.72. The Hall–Kier alpha value is -1.40. The van der Waals surface area contributed by atoms with Gasteiger partial charge >= 0.3 is 11.9 Å². The molecule has 1 heterocycles. The Bertz CT molecular complexity index is 223. The number of nitrogens with zero attached hydrogens (tertiary/aromatic N) is 1. The molecule has 0 bridgehead atoms. The molecule has 0 amide bonds. The van der Waals surface area contributed by atoms with Crippen LogP contribution in [0.2, 0.25) is 0 Å². The van der Waals surface area contributed by atoms with Crippen LogP contribution in [0.1, 0.15) is 12.8 Å². The number of hydrogen-bond donors (Lipinski definition) is 1. The van der Waals surface area contributed by atoms with E-state index >= 15 is 0 Å². The van der Waals surface area contributed by atoms with Gasteiger partial charge in [0.2, 0.25) is 0 Å². The average Bonchev–Trinajstić information content (AvgIpc) is 2.27. The Morgan fingerprint density at radius 1 is 1.38 bits per heavy atom. The monoisotopic (exact) mass is 186 g/mol. The summed E-state index contributed by atoms with van der Waals surface area (Å²) in [7, 11) is 0. The molecule has 1 aliphatic rings. The van der Waals surface area contributed by atoms with Crippen molar-refractivity contribution in [3.63, 3.8) is 0 Å². The van der Waals surface area contributed by atoms with Crippen molar-refractivity contribution in [3.05, 3.63) is 12.7 Å². The van der Waals surface area contributed by atoms with Gasteiger partial charge in [-0.3, -0.25) is 9.59 Å². The SMILES string of the molecule is C=CC(N)N1OC(=O)CCC(=O)O1. The van der Waals surface area contributed by atoms with Gasteiger partial charge in [-0.25, -0.2) is 0 Å². The van der Waals surface area contributed by atoms with Gasteiger partial charge in [0.15, 0.2) is 6.17 Å². The van der Waals surface area contributed by atoms with E-state index in [0.29, 0.717) is 5.23 Å². The summed E-state index contributed by atoms with van der Waals surface area (Å²) in [5, 5.41) is 0.644. The van der Waals surface area contributed by atoms with Crippen molar-refractivity contribution in [1.29, 1.82) is 0 Å². The molecule has 6 nitrogen and oxygen atoms in total. The van der Waals surface area contributed by atoms with E-state index in [1.165, 1.54) is 6.08 Å². The van der Waals surface area contributed by atoms with E-state index in [-0.39, 0.29) is 12.8 Å². The van der Waals surface area contributed by atoms with E-state index in [4.69, 9.17) is 5.73 Å². The van der Waals surface area contributed by atoms with Crippen molar-refractivity contribution in [3.8, 4) is 0 Å². The third-order valence-electron chi connectivity index (χ3n) is 1.40. The Morgan fingerprint density at radius 3 is 2.23 bits per heavy atom. The highest BCUT2D eigenvalue weighted by molar-refractivity contribution is 5.78. The maximum atomic E-state index is 10.9. The van der Waals surface area contributed by atoms with E-state index in [1.54, 1.807) is 0 Å². The zero-order chi connectivity index (χ0) is 9.84. The summed E-state index contributed by atoms with van der Waals surface area (Å²) in [6.07, 6.45) is 0.440. The molecule has 72 valence electrons. The van der Waals surface area contributed by atoms with Gasteiger partial charge in [-0.1, -0.05) is 12.7 Å². The molecule has 1 saturated heterocycles. The van der Waals surface area contributed by atoms with Crippen LogP contribution in [0.4, 0.5) is 0 Å². The molecule has 1 atom stereocenters. The number of carbonyl (C=O) groups is 2. The third kappa shape index (κ3) is 2.53. The highest BCUT2D eigenvalue weighted by Gasteiger charge is 2.26. The standard InChI is InChI=1S/C7H10N2O4/c1-2-5(8)9-12-6(10)3-4-7(11)13-9/h2,5H,1,3-4,8H2. The zero-order valence-corrected chi connectivity index (χ0v) is 6.93. The molecule has 1 aliphatic heterocycles. The molecule has 0 aromatic carbocycles. The van der Waals surface area contributed by atoms with Crippen molar-refractivity contribution in [2.24, 2.45) is 5.73 Å². The van der Waals surface area contributed by atoms with Crippen LogP contribution in [0.3, 0.4) is 0 Å². The van der Waals surface area contributed by atoms with Crippen molar-refractivity contribution >= 4 is 11.9 Å². The smallest absolute Gasteiger partial charge is 0.329 e. The van der Waals surface area contributed by atoms with E-state index < -0.39 is 18.1 Å². The minimum absolute atomic E-state index is 0.000797. The summed E-state index contributed by atoms with van der Waals surface area (Å²) in [5.41, 5.74) is 5.40. The van der Waals surface area contributed by atoms with Gasteiger partial charge in [0.25, 0.3) is 0 Å². The molecule has 0 aliphatic carbocycles. The summed E-state index contributed by atoms with van der Waals surface area (Å²) >= 11 is 0. The Kier molecular flexibility index (Phi) is 2.99. The molecular weight excluding hydrogens is 176 g/mol. The minimum atomic E-state index is -0.842. The van der Waals surface area contributed by atoms with Gasteiger partial charge in [-0.2, -0.15) is 0 Å². The van der Waals surface area contributed by atoms with Gasteiger partial charge in [-0.15, -0.1) is 0 Å². The number of rotatable bonds is 2. The van der Waals surface area contributed by atoms with Gasteiger partial charge in [0, 0.05) is 0 Å². The molecule has 1 fully saturated rings.